The normalized spacial score (nSPS) is 30.5. The number of methoxy groups -OCH3 is 2. The van der Waals surface area contributed by atoms with Gasteiger partial charge in [-0.2, -0.15) is 0 Å². The Morgan fingerprint density at radius 2 is 1.94 bits per heavy atom. The van der Waals surface area contributed by atoms with Crippen molar-refractivity contribution >= 4 is 0 Å². The molecule has 2 bridgehead atoms. The molecule has 2 fully saturated rings. The fourth-order valence-electron chi connectivity index (χ4n) is 3.42. The zero-order valence-electron chi connectivity index (χ0n) is 11.9. The van der Waals surface area contributed by atoms with Crippen LogP contribution in [0.2, 0.25) is 0 Å². The molecule has 1 N–H and O–H groups in total. The first-order valence-electron chi connectivity index (χ1n) is 7.29. The number of hydrogen-bond acceptors (Lipinski definition) is 4. The lowest BCUT2D eigenvalue weighted by molar-refractivity contribution is 0.118. The topological polar surface area (TPSA) is 33.7 Å². The minimum absolute atomic E-state index is 0.780. The highest BCUT2D eigenvalue weighted by Gasteiger charge is 2.39. The van der Waals surface area contributed by atoms with Crippen LogP contribution in [0.25, 0.3) is 0 Å². The molecule has 0 spiro atoms. The van der Waals surface area contributed by atoms with Gasteiger partial charge >= 0.3 is 0 Å². The van der Waals surface area contributed by atoms with Crippen molar-refractivity contribution in [2.24, 2.45) is 5.92 Å². The van der Waals surface area contributed by atoms with Gasteiger partial charge in [-0.25, -0.2) is 0 Å². The average Bonchev–Trinajstić information content (AvgIpc) is 2.98. The third-order valence-corrected chi connectivity index (χ3v) is 4.36. The number of rotatable bonds is 9. The second-order valence-corrected chi connectivity index (χ2v) is 5.68. The fourth-order valence-corrected chi connectivity index (χ4v) is 3.42. The molecule has 4 nitrogen and oxygen atoms in total. The van der Waals surface area contributed by atoms with Gasteiger partial charge in [0.05, 0.1) is 6.61 Å². The van der Waals surface area contributed by atoms with Crippen LogP contribution in [0.4, 0.5) is 0 Å². The van der Waals surface area contributed by atoms with Crippen LogP contribution in [-0.4, -0.2) is 64.1 Å². The van der Waals surface area contributed by atoms with Crippen molar-refractivity contribution < 1.29 is 9.47 Å². The molecule has 2 aliphatic heterocycles. The molecular formula is C14H28N2O2. The molecule has 3 atom stereocenters. The summed E-state index contributed by atoms with van der Waals surface area (Å²) in [5, 5.41) is 3.72. The van der Waals surface area contributed by atoms with Crippen LogP contribution < -0.4 is 5.32 Å². The highest BCUT2D eigenvalue weighted by Crippen LogP contribution is 2.33. The van der Waals surface area contributed by atoms with Gasteiger partial charge in [0.2, 0.25) is 0 Å². The zero-order valence-corrected chi connectivity index (χ0v) is 11.9. The first-order chi connectivity index (χ1) is 8.83. The maximum absolute atomic E-state index is 5.22. The first-order valence-corrected chi connectivity index (χ1v) is 7.29. The van der Waals surface area contributed by atoms with Gasteiger partial charge in [-0.3, -0.25) is 0 Å². The molecule has 106 valence electrons. The van der Waals surface area contributed by atoms with Gasteiger partial charge in [0, 0.05) is 52.5 Å². The third kappa shape index (κ3) is 3.92. The standard InChI is InChI=1S/C14H28N2O2/c1-17-8-3-6-16(7-9-18-2)11-12-10-13-4-5-14(12)15-13/h12-15H,3-11H2,1-2H3. The molecule has 0 aliphatic carbocycles. The molecule has 4 heteroatoms. The Bertz CT molecular complexity index is 238. The Hall–Kier alpha value is -0.160. The second kappa shape index (κ2) is 7.43. The van der Waals surface area contributed by atoms with Gasteiger partial charge in [0.15, 0.2) is 0 Å². The summed E-state index contributed by atoms with van der Waals surface area (Å²) >= 11 is 0. The van der Waals surface area contributed by atoms with E-state index in [-0.39, 0.29) is 0 Å². The highest BCUT2D eigenvalue weighted by molar-refractivity contribution is 4.98. The van der Waals surface area contributed by atoms with E-state index in [0.717, 1.165) is 50.7 Å². The predicted molar refractivity (Wildman–Crippen MR) is 72.9 cm³/mol. The maximum atomic E-state index is 5.22. The van der Waals surface area contributed by atoms with E-state index in [2.05, 4.69) is 10.2 Å². The van der Waals surface area contributed by atoms with Crippen molar-refractivity contribution in [1.82, 2.24) is 10.2 Å². The monoisotopic (exact) mass is 256 g/mol. The number of nitrogens with one attached hydrogen (secondary N) is 1. The van der Waals surface area contributed by atoms with Crippen molar-refractivity contribution in [1.29, 1.82) is 0 Å². The molecule has 0 radical (unpaired) electrons. The molecule has 0 aromatic rings. The quantitative estimate of drug-likeness (QED) is 0.627. The molecule has 3 unspecified atom stereocenters. The molecule has 0 amide bonds. The largest absolute Gasteiger partial charge is 0.385 e. The van der Waals surface area contributed by atoms with Crippen LogP contribution in [0.3, 0.4) is 0 Å². The van der Waals surface area contributed by atoms with Gasteiger partial charge in [-0.05, 0) is 31.6 Å². The van der Waals surface area contributed by atoms with Crippen LogP contribution >= 0.6 is 0 Å². The summed E-state index contributed by atoms with van der Waals surface area (Å²) in [6, 6.07) is 1.59. The van der Waals surface area contributed by atoms with E-state index in [1.807, 2.05) is 0 Å². The summed E-state index contributed by atoms with van der Waals surface area (Å²) in [6.07, 6.45) is 5.27. The highest BCUT2D eigenvalue weighted by atomic mass is 16.5. The van der Waals surface area contributed by atoms with E-state index in [0.29, 0.717) is 0 Å². The van der Waals surface area contributed by atoms with Gasteiger partial charge in [-0.1, -0.05) is 0 Å². The lowest BCUT2D eigenvalue weighted by Gasteiger charge is -2.29. The van der Waals surface area contributed by atoms with E-state index in [1.54, 1.807) is 14.2 Å². The van der Waals surface area contributed by atoms with Crippen LogP contribution in [0.1, 0.15) is 25.7 Å². The van der Waals surface area contributed by atoms with Crippen molar-refractivity contribution in [2.75, 3.05) is 47.1 Å². The Labute approximate surface area is 111 Å². The molecular weight excluding hydrogens is 228 g/mol. The summed E-state index contributed by atoms with van der Waals surface area (Å²) in [4.78, 5) is 2.55. The molecule has 18 heavy (non-hydrogen) atoms. The van der Waals surface area contributed by atoms with Gasteiger partial charge in [-0.15, -0.1) is 0 Å². The molecule has 2 saturated heterocycles. The Balaban J connectivity index is 1.73. The Morgan fingerprint density at radius 1 is 1.11 bits per heavy atom. The predicted octanol–water partition coefficient (Wildman–Crippen LogP) is 1.11. The minimum atomic E-state index is 0.780. The van der Waals surface area contributed by atoms with Crippen molar-refractivity contribution in [3.8, 4) is 0 Å². The first kappa shape index (κ1) is 14.3. The molecule has 2 aliphatic rings. The van der Waals surface area contributed by atoms with E-state index >= 15 is 0 Å². The van der Waals surface area contributed by atoms with Crippen LogP contribution in [0, 0.1) is 5.92 Å². The fraction of sp³-hybridized carbons (Fsp3) is 1.00. The molecule has 0 aromatic heterocycles. The van der Waals surface area contributed by atoms with Crippen LogP contribution in [-0.2, 0) is 9.47 Å². The SMILES string of the molecule is COCCCN(CCOC)CC1CC2CCC1N2. The van der Waals surface area contributed by atoms with Crippen LogP contribution in [0.5, 0.6) is 0 Å². The van der Waals surface area contributed by atoms with E-state index in [4.69, 9.17) is 9.47 Å². The number of hydrogen-bond donors (Lipinski definition) is 1. The number of fused-ring (bicyclic) bond motifs is 2. The average molecular weight is 256 g/mol. The lowest BCUT2D eigenvalue weighted by atomic mass is 9.89. The third-order valence-electron chi connectivity index (χ3n) is 4.36. The summed E-state index contributed by atoms with van der Waals surface area (Å²) in [6.45, 7) is 5.10. The summed E-state index contributed by atoms with van der Waals surface area (Å²) in [7, 11) is 3.56. The molecule has 2 heterocycles. The van der Waals surface area contributed by atoms with E-state index < -0.39 is 0 Å². The smallest absolute Gasteiger partial charge is 0.0589 e. The zero-order chi connectivity index (χ0) is 12.8. The van der Waals surface area contributed by atoms with Crippen molar-refractivity contribution in [3.63, 3.8) is 0 Å². The van der Waals surface area contributed by atoms with Crippen molar-refractivity contribution in [2.45, 2.75) is 37.8 Å². The summed E-state index contributed by atoms with van der Waals surface area (Å²) in [5.41, 5.74) is 0. The van der Waals surface area contributed by atoms with Crippen molar-refractivity contribution in [3.05, 3.63) is 0 Å². The number of ether oxygens (including phenoxy) is 2. The van der Waals surface area contributed by atoms with E-state index in [9.17, 15) is 0 Å². The van der Waals surface area contributed by atoms with Gasteiger partial charge < -0.3 is 19.7 Å². The summed E-state index contributed by atoms with van der Waals surface area (Å²) < 4.78 is 10.4. The molecule has 0 aromatic carbocycles. The van der Waals surface area contributed by atoms with E-state index in [1.165, 1.54) is 25.8 Å². The minimum Gasteiger partial charge on any atom is -0.385 e. The Kier molecular flexibility index (Phi) is 5.89. The van der Waals surface area contributed by atoms with Gasteiger partial charge in [0.1, 0.15) is 0 Å². The maximum Gasteiger partial charge on any atom is 0.0589 e. The Morgan fingerprint density at radius 3 is 2.56 bits per heavy atom. The molecule has 2 rings (SSSR count). The lowest BCUT2D eigenvalue weighted by Crippen LogP contribution is -2.37. The number of nitrogens with zero attached hydrogens (tertiary/aromatic N) is 1. The second-order valence-electron chi connectivity index (χ2n) is 5.68. The molecule has 0 saturated carbocycles. The summed E-state index contributed by atoms with van der Waals surface area (Å²) in [5.74, 6) is 0.850. The van der Waals surface area contributed by atoms with Gasteiger partial charge in [0.25, 0.3) is 0 Å². The van der Waals surface area contributed by atoms with Crippen LogP contribution in [0.15, 0.2) is 0 Å².